The number of fused-ring (bicyclic) bond motifs is 5. The minimum atomic E-state index is 0.730. The zero-order chi connectivity index (χ0) is 13.1. The number of aromatic amines is 1. The monoisotopic (exact) mass is 254 g/mol. The second kappa shape index (κ2) is 3.86. The Morgan fingerprint density at radius 1 is 1.32 bits per heavy atom. The van der Waals surface area contributed by atoms with Crippen molar-refractivity contribution in [2.45, 2.75) is 38.6 Å². The molecular weight excluding hydrogens is 232 g/mol. The minimum absolute atomic E-state index is 0.730. The molecule has 1 fully saturated rings. The fourth-order valence-corrected chi connectivity index (χ4v) is 4.34. The van der Waals surface area contributed by atoms with Gasteiger partial charge in [0, 0.05) is 35.1 Å². The molecule has 2 heteroatoms. The molecule has 3 atom stereocenters. The van der Waals surface area contributed by atoms with Crippen LogP contribution in [0.15, 0.2) is 18.2 Å². The summed E-state index contributed by atoms with van der Waals surface area (Å²) in [6.45, 7) is 5.82. The Hall–Kier alpha value is -1.28. The van der Waals surface area contributed by atoms with E-state index in [0.717, 1.165) is 17.9 Å². The molecule has 4 rings (SSSR count). The third kappa shape index (κ3) is 1.53. The topological polar surface area (TPSA) is 19.0 Å². The molecule has 2 aliphatic rings. The van der Waals surface area contributed by atoms with E-state index in [1.807, 2.05) is 0 Å². The molecule has 1 aliphatic heterocycles. The van der Waals surface area contributed by atoms with E-state index in [2.05, 4.69) is 49.0 Å². The lowest BCUT2D eigenvalue weighted by atomic mass is 9.76. The minimum Gasteiger partial charge on any atom is -0.358 e. The van der Waals surface area contributed by atoms with Crippen LogP contribution in [-0.2, 0) is 6.42 Å². The third-order valence-electron chi connectivity index (χ3n) is 5.49. The van der Waals surface area contributed by atoms with Crippen LogP contribution in [0.5, 0.6) is 0 Å². The smallest absolute Gasteiger partial charge is 0.0459 e. The largest absolute Gasteiger partial charge is 0.358 e. The number of benzene rings is 1. The van der Waals surface area contributed by atoms with Gasteiger partial charge in [-0.1, -0.05) is 11.6 Å². The van der Waals surface area contributed by atoms with Crippen molar-refractivity contribution >= 4 is 10.9 Å². The van der Waals surface area contributed by atoms with Gasteiger partial charge in [-0.2, -0.15) is 0 Å². The van der Waals surface area contributed by atoms with E-state index in [-0.39, 0.29) is 0 Å². The van der Waals surface area contributed by atoms with E-state index in [9.17, 15) is 0 Å². The highest BCUT2D eigenvalue weighted by Crippen LogP contribution is 2.46. The summed E-state index contributed by atoms with van der Waals surface area (Å²) in [5, 5.41) is 1.48. The highest BCUT2D eigenvalue weighted by molar-refractivity contribution is 5.86. The first-order chi connectivity index (χ1) is 9.15. The van der Waals surface area contributed by atoms with Crippen molar-refractivity contribution in [2.24, 2.45) is 5.92 Å². The Kier molecular flexibility index (Phi) is 2.34. The molecule has 19 heavy (non-hydrogen) atoms. The summed E-state index contributed by atoms with van der Waals surface area (Å²) in [5.74, 6) is 1.58. The van der Waals surface area contributed by atoms with Gasteiger partial charge >= 0.3 is 0 Å². The van der Waals surface area contributed by atoms with Crippen molar-refractivity contribution < 1.29 is 0 Å². The number of nitrogens with zero attached hydrogens (tertiary/aromatic N) is 1. The molecule has 1 N–H and O–H groups in total. The lowest BCUT2D eigenvalue weighted by Gasteiger charge is -2.28. The van der Waals surface area contributed by atoms with E-state index in [0.29, 0.717) is 0 Å². The van der Waals surface area contributed by atoms with Gasteiger partial charge in [0.25, 0.3) is 0 Å². The summed E-state index contributed by atoms with van der Waals surface area (Å²) >= 11 is 0. The van der Waals surface area contributed by atoms with E-state index < -0.39 is 0 Å². The SMILES string of the molecule is Cc1ccc2[nH]c3c(c2c1)[C@@H]1CN(C)C(C)[C@@H]1CC3. The molecule has 2 heterocycles. The first-order valence-electron chi connectivity index (χ1n) is 7.46. The number of H-pyrrole nitrogens is 1. The van der Waals surface area contributed by atoms with Gasteiger partial charge in [0.1, 0.15) is 0 Å². The summed E-state index contributed by atoms with van der Waals surface area (Å²) < 4.78 is 0. The van der Waals surface area contributed by atoms with Crippen LogP contribution in [0.3, 0.4) is 0 Å². The van der Waals surface area contributed by atoms with Gasteiger partial charge in [-0.05, 0) is 57.4 Å². The normalized spacial score (nSPS) is 30.6. The van der Waals surface area contributed by atoms with Crippen molar-refractivity contribution in [1.82, 2.24) is 9.88 Å². The molecule has 1 aliphatic carbocycles. The molecule has 1 aromatic carbocycles. The standard InChI is InChI=1S/C17H22N2/c1-10-4-6-15-13(8-10)17-14-9-19(3)11(2)12(14)5-7-16(17)18-15/h4,6,8,11-12,14,18H,5,7,9H2,1-3H3/t11?,12-,14+/m0/s1. The van der Waals surface area contributed by atoms with Gasteiger partial charge in [-0.3, -0.25) is 0 Å². The molecule has 100 valence electrons. The van der Waals surface area contributed by atoms with Gasteiger partial charge in [0.2, 0.25) is 0 Å². The maximum atomic E-state index is 3.67. The van der Waals surface area contributed by atoms with Crippen LogP contribution in [0, 0.1) is 12.8 Å². The van der Waals surface area contributed by atoms with Crippen molar-refractivity contribution in [3.63, 3.8) is 0 Å². The Bertz CT molecular complexity index is 640. The van der Waals surface area contributed by atoms with E-state index in [4.69, 9.17) is 0 Å². The van der Waals surface area contributed by atoms with Crippen LogP contribution in [0.4, 0.5) is 0 Å². The Morgan fingerprint density at radius 3 is 3.00 bits per heavy atom. The van der Waals surface area contributed by atoms with Crippen LogP contribution in [-0.4, -0.2) is 29.5 Å². The van der Waals surface area contributed by atoms with Gasteiger partial charge in [-0.25, -0.2) is 0 Å². The van der Waals surface area contributed by atoms with Crippen molar-refractivity contribution in [3.05, 3.63) is 35.0 Å². The molecule has 0 radical (unpaired) electrons. The first kappa shape index (κ1) is 11.5. The molecule has 2 aromatic rings. The number of aryl methyl sites for hydroxylation is 2. The number of hydrogen-bond donors (Lipinski definition) is 1. The van der Waals surface area contributed by atoms with Crippen LogP contribution < -0.4 is 0 Å². The highest BCUT2D eigenvalue weighted by Gasteiger charge is 2.42. The predicted molar refractivity (Wildman–Crippen MR) is 79.7 cm³/mol. The lowest BCUT2D eigenvalue weighted by molar-refractivity contribution is 0.281. The Labute approximate surface area is 114 Å². The molecule has 1 unspecified atom stereocenters. The van der Waals surface area contributed by atoms with Gasteiger partial charge in [0.15, 0.2) is 0 Å². The molecule has 0 amide bonds. The number of likely N-dealkylation sites (tertiary alicyclic amines) is 1. The van der Waals surface area contributed by atoms with Crippen molar-refractivity contribution in [1.29, 1.82) is 0 Å². The fraction of sp³-hybridized carbons (Fsp3) is 0.529. The molecule has 0 saturated carbocycles. The zero-order valence-corrected chi connectivity index (χ0v) is 12.0. The summed E-state index contributed by atoms with van der Waals surface area (Å²) in [6, 6.07) is 7.56. The number of hydrogen-bond acceptors (Lipinski definition) is 1. The van der Waals surface area contributed by atoms with E-state index >= 15 is 0 Å². The van der Waals surface area contributed by atoms with Crippen LogP contribution in [0.25, 0.3) is 10.9 Å². The average molecular weight is 254 g/mol. The molecule has 0 bridgehead atoms. The molecular formula is C17H22N2. The summed E-state index contributed by atoms with van der Waals surface area (Å²) in [7, 11) is 2.28. The number of nitrogens with one attached hydrogen (secondary N) is 1. The molecule has 1 saturated heterocycles. The zero-order valence-electron chi connectivity index (χ0n) is 12.0. The van der Waals surface area contributed by atoms with E-state index in [1.54, 1.807) is 5.56 Å². The maximum Gasteiger partial charge on any atom is 0.0459 e. The van der Waals surface area contributed by atoms with E-state index in [1.165, 1.54) is 41.5 Å². The second-order valence-corrected chi connectivity index (χ2v) is 6.56. The van der Waals surface area contributed by atoms with Gasteiger partial charge in [-0.15, -0.1) is 0 Å². The number of likely N-dealkylation sites (N-methyl/N-ethyl adjacent to an activating group) is 1. The molecule has 0 spiro atoms. The highest BCUT2D eigenvalue weighted by atomic mass is 15.2. The first-order valence-corrected chi connectivity index (χ1v) is 7.46. The number of rotatable bonds is 0. The molecule has 1 aromatic heterocycles. The summed E-state index contributed by atoms with van der Waals surface area (Å²) in [5.41, 5.74) is 5.84. The Morgan fingerprint density at radius 2 is 2.16 bits per heavy atom. The average Bonchev–Trinajstić information content (AvgIpc) is 2.88. The fourth-order valence-electron chi connectivity index (χ4n) is 4.34. The Balaban J connectivity index is 1.92. The number of aromatic nitrogens is 1. The van der Waals surface area contributed by atoms with Crippen LogP contribution in [0.2, 0.25) is 0 Å². The summed E-state index contributed by atoms with van der Waals surface area (Å²) in [4.78, 5) is 6.21. The van der Waals surface area contributed by atoms with Gasteiger partial charge < -0.3 is 9.88 Å². The van der Waals surface area contributed by atoms with Crippen molar-refractivity contribution in [3.8, 4) is 0 Å². The van der Waals surface area contributed by atoms with Crippen LogP contribution in [0.1, 0.15) is 36.1 Å². The predicted octanol–water partition coefficient (Wildman–Crippen LogP) is 3.46. The second-order valence-electron chi connectivity index (χ2n) is 6.56. The molecule has 2 nitrogen and oxygen atoms in total. The van der Waals surface area contributed by atoms with Gasteiger partial charge in [0.05, 0.1) is 0 Å². The summed E-state index contributed by atoms with van der Waals surface area (Å²) in [6.07, 6.45) is 2.57. The lowest BCUT2D eigenvalue weighted by Crippen LogP contribution is -2.27. The maximum absolute atomic E-state index is 3.67. The third-order valence-corrected chi connectivity index (χ3v) is 5.49. The quantitative estimate of drug-likeness (QED) is 0.763. The van der Waals surface area contributed by atoms with Crippen molar-refractivity contribution in [2.75, 3.05) is 13.6 Å². The van der Waals surface area contributed by atoms with Crippen LogP contribution >= 0.6 is 0 Å².